The fraction of sp³-hybridized carbons (Fsp3) is 0.167. The van der Waals surface area contributed by atoms with Crippen LogP contribution in [0.1, 0.15) is 18.7 Å². The van der Waals surface area contributed by atoms with Gasteiger partial charge in [0.25, 0.3) is 11.8 Å². The van der Waals surface area contributed by atoms with Crippen LogP contribution in [0.15, 0.2) is 65.7 Å². The van der Waals surface area contributed by atoms with Gasteiger partial charge in [-0.15, -0.1) is 11.3 Å². The summed E-state index contributed by atoms with van der Waals surface area (Å²) in [4.78, 5) is 29.9. The van der Waals surface area contributed by atoms with Crippen LogP contribution in [0.3, 0.4) is 0 Å². The number of carbonyl (C=O) groups excluding carboxylic acids is 2. The third-order valence-corrected chi connectivity index (χ3v) is 6.15. The molecule has 1 N–H and O–H groups in total. The Morgan fingerprint density at radius 1 is 0.969 bits per heavy atom. The van der Waals surface area contributed by atoms with Crippen LogP contribution in [0.5, 0.6) is 0 Å². The smallest absolute Gasteiger partial charge is 0.282 e. The summed E-state index contributed by atoms with van der Waals surface area (Å²) >= 11 is 1.29. The second-order valence-corrected chi connectivity index (χ2v) is 8.06. The monoisotopic (exact) mass is 453 g/mol. The number of imide groups is 1. The quantitative estimate of drug-likeness (QED) is 0.495. The van der Waals surface area contributed by atoms with E-state index in [1.165, 1.54) is 11.3 Å². The standard InChI is InChI=1S/C24H21F2N3O2S/c1-3-28(4-2)17-10-8-16(9-11-17)27-22-21(20-6-5-13-32-20)23(30)29(24(22)31)19-14-15(25)7-12-18(19)26/h5-14,27H,3-4H2,1-2H3. The predicted molar refractivity (Wildman–Crippen MR) is 124 cm³/mol. The fourth-order valence-electron chi connectivity index (χ4n) is 3.66. The van der Waals surface area contributed by atoms with Crippen molar-refractivity contribution in [2.45, 2.75) is 13.8 Å². The van der Waals surface area contributed by atoms with Gasteiger partial charge in [0, 0.05) is 35.4 Å². The highest BCUT2D eigenvalue weighted by atomic mass is 32.1. The SMILES string of the molecule is CCN(CC)c1ccc(NC2=C(c3cccs3)C(=O)N(c3cc(F)ccc3F)C2=O)cc1. The van der Waals surface area contributed by atoms with Gasteiger partial charge < -0.3 is 10.2 Å². The topological polar surface area (TPSA) is 52.7 Å². The average molecular weight is 454 g/mol. The summed E-state index contributed by atoms with van der Waals surface area (Å²) in [7, 11) is 0. The zero-order valence-electron chi connectivity index (χ0n) is 17.6. The molecule has 32 heavy (non-hydrogen) atoms. The molecular formula is C24H21F2N3O2S. The van der Waals surface area contributed by atoms with E-state index >= 15 is 0 Å². The second-order valence-electron chi connectivity index (χ2n) is 7.11. The van der Waals surface area contributed by atoms with Gasteiger partial charge >= 0.3 is 0 Å². The molecule has 0 saturated heterocycles. The molecule has 2 amide bonds. The van der Waals surface area contributed by atoms with Crippen molar-refractivity contribution in [3.8, 4) is 0 Å². The molecule has 1 aliphatic heterocycles. The molecule has 3 aromatic rings. The van der Waals surface area contributed by atoms with Crippen molar-refractivity contribution in [3.63, 3.8) is 0 Å². The Kier molecular flexibility index (Phi) is 6.05. The first-order valence-electron chi connectivity index (χ1n) is 10.2. The summed E-state index contributed by atoms with van der Waals surface area (Å²) in [5, 5.41) is 4.81. The Hall–Kier alpha value is -3.52. The number of anilines is 3. The van der Waals surface area contributed by atoms with Crippen LogP contribution in [-0.4, -0.2) is 24.9 Å². The summed E-state index contributed by atoms with van der Waals surface area (Å²) in [5.41, 5.74) is 1.37. The Balaban J connectivity index is 1.73. The molecule has 2 heterocycles. The highest BCUT2D eigenvalue weighted by Gasteiger charge is 2.42. The summed E-state index contributed by atoms with van der Waals surface area (Å²) in [6, 6.07) is 13.6. The van der Waals surface area contributed by atoms with Crippen LogP contribution in [0.4, 0.5) is 25.8 Å². The molecule has 4 rings (SSSR count). The first-order valence-corrected chi connectivity index (χ1v) is 11.1. The van der Waals surface area contributed by atoms with E-state index in [1.54, 1.807) is 17.5 Å². The van der Waals surface area contributed by atoms with E-state index in [-0.39, 0.29) is 11.3 Å². The molecule has 0 spiro atoms. The second kappa shape index (κ2) is 8.92. The van der Waals surface area contributed by atoms with Gasteiger partial charge in [-0.05, 0) is 61.7 Å². The van der Waals surface area contributed by atoms with E-state index in [9.17, 15) is 18.4 Å². The lowest BCUT2D eigenvalue weighted by Crippen LogP contribution is -2.33. The molecule has 164 valence electrons. The third-order valence-electron chi connectivity index (χ3n) is 5.27. The lowest BCUT2D eigenvalue weighted by Gasteiger charge is -2.21. The van der Waals surface area contributed by atoms with Gasteiger partial charge in [0.1, 0.15) is 17.3 Å². The predicted octanol–water partition coefficient (Wildman–Crippen LogP) is 5.27. The molecule has 8 heteroatoms. The van der Waals surface area contributed by atoms with Gasteiger partial charge in [0.15, 0.2) is 0 Å². The van der Waals surface area contributed by atoms with E-state index in [0.717, 1.165) is 37.0 Å². The Morgan fingerprint density at radius 2 is 1.69 bits per heavy atom. The van der Waals surface area contributed by atoms with Gasteiger partial charge in [-0.2, -0.15) is 0 Å². The Bertz CT molecular complexity index is 1190. The van der Waals surface area contributed by atoms with Gasteiger partial charge in [-0.3, -0.25) is 9.59 Å². The summed E-state index contributed by atoms with van der Waals surface area (Å²) in [5.74, 6) is -3.04. The molecule has 1 aromatic heterocycles. The maximum Gasteiger partial charge on any atom is 0.282 e. The number of halogens is 2. The number of nitrogens with one attached hydrogen (secondary N) is 1. The van der Waals surface area contributed by atoms with E-state index in [1.807, 2.05) is 24.3 Å². The molecular weight excluding hydrogens is 432 g/mol. The molecule has 0 atom stereocenters. The normalized spacial score (nSPS) is 13.8. The summed E-state index contributed by atoms with van der Waals surface area (Å²) in [6.07, 6.45) is 0. The Labute approximate surface area is 188 Å². The summed E-state index contributed by atoms with van der Waals surface area (Å²) in [6.45, 7) is 5.85. The van der Waals surface area contributed by atoms with E-state index in [0.29, 0.717) is 15.5 Å². The van der Waals surface area contributed by atoms with Crippen LogP contribution >= 0.6 is 11.3 Å². The molecule has 0 saturated carbocycles. The largest absolute Gasteiger partial charge is 0.372 e. The molecule has 0 radical (unpaired) electrons. The number of nitrogens with zero attached hydrogens (tertiary/aromatic N) is 2. The molecule has 0 aliphatic carbocycles. The van der Waals surface area contributed by atoms with Crippen molar-refractivity contribution in [2.75, 3.05) is 28.2 Å². The molecule has 0 fully saturated rings. The zero-order chi connectivity index (χ0) is 22.8. The number of rotatable bonds is 7. The van der Waals surface area contributed by atoms with Gasteiger partial charge in [-0.25, -0.2) is 13.7 Å². The van der Waals surface area contributed by atoms with Gasteiger partial charge in [0.05, 0.1) is 11.3 Å². The van der Waals surface area contributed by atoms with Crippen molar-refractivity contribution in [3.05, 3.63) is 82.2 Å². The molecule has 5 nitrogen and oxygen atoms in total. The van der Waals surface area contributed by atoms with Crippen LogP contribution in [0.2, 0.25) is 0 Å². The minimum Gasteiger partial charge on any atom is -0.372 e. The molecule has 0 unspecified atom stereocenters. The fourth-order valence-corrected chi connectivity index (χ4v) is 4.43. The van der Waals surface area contributed by atoms with E-state index in [2.05, 4.69) is 24.1 Å². The number of hydrogen-bond acceptors (Lipinski definition) is 5. The van der Waals surface area contributed by atoms with E-state index < -0.39 is 29.1 Å². The van der Waals surface area contributed by atoms with Crippen LogP contribution in [0, 0.1) is 11.6 Å². The van der Waals surface area contributed by atoms with Crippen LogP contribution in [0.25, 0.3) is 5.57 Å². The number of benzene rings is 2. The van der Waals surface area contributed by atoms with Crippen molar-refractivity contribution in [1.82, 2.24) is 0 Å². The third kappa shape index (κ3) is 3.89. The number of amides is 2. The molecule has 1 aliphatic rings. The van der Waals surface area contributed by atoms with Crippen LogP contribution in [-0.2, 0) is 9.59 Å². The summed E-state index contributed by atoms with van der Waals surface area (Å²) < 4.78 is 28.2. The minimum absolute atomic E-state index is 0.0247. The molecule has 2 aromatic carbocycles. The average Bonchev–Trinajstić information content (AvgIpc) is 3.39. The highest BCUT2D eigenvalue weighted by Crippen LogP contribution is 2.36. The first kappa shape index (κ1) is 21.7. The maximum atomic E-state index is 14.4. The highest BCUT2D eigenvalue weighted by molar-refractivity contribution is 7.11. The zero-order valence-corrected chi connectivity index (χ0v) is 18.4. The molecule has 0 bridgehead atoms. The van der Waals surface area contributed by atoms with Crippen molar-refractivity contribution in [2.24, 2.45) is 0 Å². The van der Waals surface area contributed by atoms with Crippen molar-refractivity contribution < 1.29 is 18.4 Å². The van der Waals surface area contributed by atoms with Crippen molar-refractivity contribution in [1.29, 1.82) is 0 Å². The Morgan fingerprint density at radius 3 is 2.31 bits per heavy atom. The lowest BCUT2D eigenvalue weighted by molar-refractivity contribution is -0.120. The van der Waals surface area contributed by atoms with Gasteiger partial charge in [0.2, 0.25) is 0 Å². The number of carbonyl (C=O) groups is 2. The van der Waals surface area contributed by atoms with Crippen molar-refractivity contribution >= 4 is 45.8 Å². The minimum atomic E-state index is -0.858. The number of thiophene rings is 1. The van der Waals surface area contributed by atoms with Crippen LogP contribution < -0.4 is 15.1 Å². The lowest BCUT2D eigenvalue weighted by atomic mass is 10.1. The first-order chi connectivity index (χ1) is 15.4. The maximum absolute atomic E-state index is 14.4. The number of hydrogen-bond donors (Lipinski definition) is 1. The van der Waals surface area contributed by atoms with E-state index in [4.69, 9.17) is 0 Å². The van der Waals surface area contributed by atoms with Gasteiger partial charge in [-0.1, -0.05) is 6.07 Å².